The van der Waals surface area contributed by atoms with Gasteiger partial charge in [0.25, 0.3) is 0 Å². The summed E-state index contributed by atoms with van der Waals surface area (Å²) >= 11 is 5.97. The maximum absolute atomic E-state index is 6.04. The first-order valence-electron chi connectivity index (χ1n) is 7.16. The van der Waals surface area contributed by atoms with Crippen LogP contribution in [0, 0.1) is 17.8 Å². The quantitative estimate of drug-likeness (QED) is 0.751. The third kappa shape index (κ3) is 2.69. The van der Waals surface area contributed by atoms with Crippen LogP contribution in [0.5, 0.6) is 11.5 Å². The number of fused-ring (bicyclic) bond motifs is 2. The first-order chi connectivity index (χ1) is 9.30. The van der Waals surface area contributed by atoms with Crippen molar-refractivity contribution in [2.24, 2.45) is 17.8 Å². The highest BCUT2D eigenvalue weighted by Gasteiger charge is 2.39. The molecule has 0 spiro atoms. The summed E-state index contributed by atoms with van der Waals surface area (Å²) in [5, 5.41) is 0. The van der Waals surface area contributed by atoms with Crippen molar-refractivity contribution in [3.05, 3.63) is 23.8 Å². The second-order valence-electron chi connectivity index (χ2n) is 5.85. The second kappa shape index (κ2) is 5.62. The van der Waals surface area contributed by atoms with Crippen LogP contribution in [0.2, 0.25) is 0 Å². The average Bonchev–Trinajstić information content (AvgIpc) is 3.07. The minimum Gasteiger partial charge on any atom is -0.497 e. The monoisotopic (exact) mass is 280 g/mol. The smallest absolute Gasteiger partial charge is 0.127 e. The number of alkyl halides is 1. The van der Waals surface area contributed by atoms with Crippen molar-refractivity contribution in [3.8, 4) is 11.5 Å². The maximum atomic E-state index is 6.04. The van der Waals surface area contributed by atoms with Crippen LogP contribution in [0.4, 0.5) is 0 Å². The van der Waals surface area contributed by atoms with Crippen LogP contribution in [0.1, 0.15) is 31.2 Å². The van der Waals surface area contributed by atoms with E-state index in [-0.39, 0.29) is 0 Å². The zero-order valence-corrected chi connectivity index (χ0v) is 12.2. The van der Waals surface area contributed by atoms with E-state index in [2.05, 4.69) is 0 Å². The fourth-order valence-electron chi connectivity index (χ4n) is 3.68. The summed E-state index contributed by atoms with van der Waals surface area (Å²) in [7, 11) is 1.68. The maximum Gasteiger partial charge on any atom is 0.127 e. The molecular formula is C16H21ClO2. The Labute approximate surface area is 120 Å². The molecule has 19 heavy (non-hydrogen) atoms. The van der Waals surface area contributed by atoms with Gasteiger partial charge in [-0.05, 0) is 43.1 Å². The van der Waals surface area contributed by atoms with Gasteiger partial charge >= 0.3 is 0 Å². The number of ether oxygens (including phenoxy) is 2. The summed E-state index contributed by atoms with van der Waals surface area (Å²) in [6.07, 6.45) is 5.62. The summed E-state index contributed by atoms with van der Waals surface area (Å²) < 4.78 is 11.3. The van der Waals surface area contributed by atoms with Gasteiger partial charge in [-0.1, -0.05) is 12.5 Å². The van der Waals surface area contributed by atoms with Crippen molar-refractivity contribution in [1.82, 2.24) is 0 Å². The van der Waals surface area contributed by atoms with E-state index in [1.165, 1.54) is 25.7 Å². The van der Waals surface area contributed by atoms with E-state index in [0.29, 0.717) is 5.88 Å². The first kappa shape index (κ1) is 13.1. The Balaban J connectivity index is 1.65. The summed E-state index contributed by atoms with van der Waals surface area (Å²) in [5.74, 6) is 4.81. The summed E-state index contributed by atoms with van der Waals surface area (Å²) in [6.45, 7) is 0.832. The average molecular weight is 281 g/mol. The van der Waals surface area contributed by atoms with Gasteiger partial charge in [0.05, 0.1) is 19.6 Å². The minimum atomic E-state index is 0.482. The Morgan fingerprint density at radius 2 is 2.16 bits per heavy atom. The third-order valence-electron chi connectivity index (χ3n) is 4.76. The zero-order chi connectivity index (χ0) is 13.2. The van der Waals surface area contributed by atoms with Gasteiger partial charge in [-0.25, -0.2) is 0 Å². The molecule has 104 valence electrons. The Bertz CT molecular complexity index is 446. The van der Waals surface area contributed by atoms with Crippen LogP contribution in [0.15, 0.2) is 18.2 Å². The first-order valence-corrected chi connectivity index (χ1v) is 7.69. The van der Waals surface area contributed by atoms with E-state index in [4.69, 9.17) is 21.1 Å². The summed E-state index contributed by atoms with van der Waals surface area (Å²) in [6, 6.07) is 5.87. The highest BCUT2D eigenvalue weighted by atomic mass is 35.5. The van der Waals surface area contributed by atoms with Gasteiger partial charge in [0, 0.05) is 11.6 Å². The number of benzene rings is 1. The SMILES string of the molecule is COc1ccc(CCl)c(OCC2CC3CCC2C3)c1. The van der Waals surface area contributed by atoms with Crippen LogP contribution in [-0.4, -0.2) is 13.7 Å². The van der Waals surface area contributed by atoms with E-state index in [1.807, 2.05) is 18.2 Å². The molecule has 3 unspecified atom stereocenters. The lowest BCUT2D eigenvalue weighted by molar-refractivity contribution is 0.194. The van der Waals surface area contributed by atoms with Crippen molar-refractivity contribution in [2.75, 3.05) is 13.7 Å². The number of hydrogen-bond acceptors (Lipinski definition) is 2. The fourth-order valence-corrected chi connectivity index (χ4v) is 3.90. The molecule has 2 saturated carbocycles. The largest absolute Gasteiger partial charge is 0.497 e. The molecule has 2 bridgehead atoms. The predicted molar refractivity (Wildman–Crippen MR) is 77.0 cm³/mol. The number of hydrogen-bond donors (Lipinski definition) is 0. The molecule has 2 aliphatic carbocycles. The number of rotatable bonds is 5. The molecule has 2 nitrogen and oxygen atoms in total. The molecule has 3 rings (SSSR count). The molecule has 0 amide bonds. The molecule has 2 fully saturated rings. The Kier molecular flexibility index (Phi) is 3.88. The lowest BCUT2D eigenvalue weighted by Crippen LogP contribution is -2.18. The second-order valence-corrected chi connectivity index (χ2v) is 6.12. The van der Waals surface area contributed by atoms with Crippen molar-refractivity contribution >= 4 is 11.6 Å². The van der Waals surface area contributed by atoms with E-state index in [9.17, 15) is 0 Å². The van der Waals surface area contributed by atoms with Gasteiger partial charge in [-0.15, -0.1) is 11.6 Å². The molecule has 0 aliphatic heterocycles. The van der Waals surface area contributed by atoms with Gasteiger partial charge in [-0.3, -0.25) is 0 Å². The van der Waals surface area contributed by atoms with Crippen LogP contribution in [-0.2, 0) is 5.88 Å². The van der Waals surface area contributed by atoms with Gasteiger partial charge in [0.15, 0.2) is 0 Å². The summed E-state index contributed by atoms with van der Waals surface area (Å²) in [4.78, 5) is 0. The molecule has 1 aromatic carbocycles. The third-order valence-corrected chi connectivity index (χ3v) is 5.04. The molecule has 2 aliphatic rings. The molecule has 0 radical (unpaired) electrons. The molecular weight excluding hydrogens is 260 g/mol. The zero-order valence-electron chi connectivity index (χ0n) is 11.4. The molecule has 0 saturated heterocycles. The molecule has 0 N–H and O–H groups in total. The van der Waals surface area contributed by atoms with E-state index in [1.54, 1.807) is 7.11 Å². The van der Waals surface area contributed by atoms with Crippen molar-refractivity contribution in [2.45, 2.75) is 31.6 Å². The fraction of sp³-hybridized carbons (Fsp3) is 0.625. The molecule has 0 heterocycles. The van der Waals surface area contributed by atoms with E-state index < -0.39 is 0 Å². The predicted octanol–water partition coefficient (Wildman–Crippen LogP) is 4.25. The van der Waals surface area contributed by atoms with E-state index >= 15 is 0 Å². The minimum absolute atomic E-state index is 0.482. The van der Waals surface area contributed by atoms with Gasteiger partial charge < -0.3 is 9.47 Å². The highest BCUT2D eigenvalue weighted by Crippen LogP contribution is 2.48. The topological polar surface area (TPSA) is 18.5 Å². The molecule has 3 heteroatoms. The Morgan fingerprint density at radius 1 is 1.26 bits per heavy atom. The number of halogens is 1. The van der Waals surface area contributed by atoms with Crippen molar-refractivity contribution in [1.29, 1.82) is 0 Å². The van der Waals surface area contributed by atoms with Crippen LogP contribution >= 0.6 is 11.6 Å². The highest BCUT2D eigenvalue weighted by molar-refractivity contribution is 6.17. The van der Waals surface area contributed by atoms with Crippen LogP contribution in [0.25, 0.3) is 0 Å². The normalized spacial score (nSPS) is 28.6. The van der Waals surface area contributed by atoms with Crippen LogP contribution < -0.4 is 9.47 Å². The van der Waals surface area contributed by atoms with Crippen molar-refractivity contribution in [3.63, 3.8) is 0 Å². The van der Waals surface area contributed by atoms with Crippen molar-refractivity contribution < 1.29 is 9.47 Å². The Morgan fingerprint density at radius 3 is 2.79 bits per heavy atom. The molecule has 0 aromatic heterocycles. The molecule has 3 atom stereocenters. The van der Waals surface area contributed by atoms with Gasteiger partial charge in [0.1, 0.15) is 11.5 Å². The molecule has 1 aromatic rings. The van der Waals surface area contributed by atoms with Gasteiger partial charge in [-0.2, -0.15) is 0 Å². The van der Waals surface area contributed by atoms with E-state index in [0.717, 1.165) is 41.4 Å². The van der Waals surface area contributed by atoms with Gasteiger partial charge in [0.2, 0.25) is 0 Å². The lowest BCUT2D eigenvalue weighted by atomic mass is 9.89. The van der Waals surface area contributed by atoms with Crippen LogP contribution in [0.3, 0.4) is 0 Å². The Hall–Kier alpha value is -0.890. The number of methoxy groups -OCH3 is 1. The summed E-state index contributed by atoms with van der Waals surface area (Å²) in [5.41, 5.74) is 1.05. The standard InChI is InChI=1S/C16H21ClO2/c1-18-15-5-4-13(9-17)16(8-15)19-10-14-7-11-2-3-12(14)6-11/h4-5,8,11-12,14H,2-3,6-7,9-10H2,1H3. The lowest BCUT2D eigenvalue weighted by Gasteiger charge is -2.22.